The summed E-state index contributed by atoms with van der Waals surface area (Å²) in [5, 5.41) is 0. The fourth-order valence-corrected chi connectivity index (χ4v) is 7.03. The molecule has 16 heteroatoms. The van der Waals surface area contributed by atoms with Crippen molar-refractivity contribution in [2.75, 3.05) is 13.3 Å². The summed E-state index contributed by atoms with van der Waals surface area (Å²) in [5.41, 5.74) is 2.24. The molecule has 0 spiro atoms. The molecular formula is C44H30N4O12. The van der Waals surface area contributed by atoms with Crippen molar-refractivity contribution >= 4 is 59.2 Å². The minimum Gasteiger partial charge on any atom is -0.423 e. The molecule has 4 aromatic rings. The number of ether oxygens (including phenoxy) is 2. The number of hydrogen-bond acceptors (Lipinski definition) is 12. The van der Waals surface area contributed by atoms with Gasteiger partial charge in [0.2, 0.25) is 0 Å². The van der Waals surface area contributed by atoms with Crippen LogP contribution >= 0.6 is 0 Å². The molecule has 8 amide bonds. The number of carbonyl (C=O) groups is 10. The van der Waals surface area contributed by atoms with Gasteiger partial charge in [-0.25, -0.2) is 9.59 Å². The van der Waals surface area contributed by atoms with Crippen LogP contribution in [0.1, 0.15) is 89.8 Å². The van der Waals surface area contributed by atoms with Crippen LogP contribution in [0.3, 0.4) is 0 Å². The van der Waals surface area contributed by atoms with Crippen molar-refractivity contribution in [2.24, 2.45) is 0 Å². The van der Waals surface area contributed by atoms with Gasteiger partial charge in [0.25, 0.3) is 47.3 Å². The van der Waals surface area contributed by atoms with E-state index in [0.29, 0.717) is 0 Å². The summed E-state index contributed by atoms with van der Waals surface area (Å²) in [6.45, 7) is 4.84. The number of carbonyl (C=O) groups excluding carboxylic acids is 10. The van der Waals surface area contributed by atoms with E-state index in [0.717, 1.165) is 30.7 Å². The Morgan fingerprint density at radius 1 is 0.383 bits per heavy atom. The zero-order valence-corrected chi connectivity index (χ0v) is 32.2. The van der Waals surface area contributed by atoms with Crippen molar-refractivity contribution in [1.82, 2.24) is 19.6 Å². The van der Waals surface area contributed by atoms with Crippen molar-refractivity contribution in [3.8, 4) is 22.6 Å². The molecular weight excluding hydrogens is 776 g/mol. The van der Waals surface area contributed by atoms with Gasteiger partial charge in [0.05, 0.1) is 33.4 Å². The molecule has 0 radical (unpaired) electrons. The van der Waals surface area contributed by atoms with Crippen LogP contribution in [0.5, 0.6) is 11.5 Å². The molecule has 16 nitrogen and oxygen atoms in total. The highest BCUT2D eigenvalue weighted by Gasteiger charge is 2.43. The maximum atomic E-state index is 13.2. The highest BCUT2D eigenvalue weighted by Crippen LogP contribution is 2.31. The van der Waals surface area contributed by atoms with Gasteiger partial charge in [0.1, 0.15) is 24.8 Å². The summed E-state index contributed by atoms with van der Waals surface area (Å²) >= 11 is 0. The number of amides is 8. The summed E-state index contributed by atoms with van der Waals surface area (Å²) in [4.78, 5) is 132. The fraction of sp³-hybridized carbons (Fsp3) is 0.136. The summed E-state index contributed by atoms with van der Waals surface area (Å²) in [6.07, 6.45) is 0. The summed E-state index contributed by atoms with van der Waals surface area (Å²) in [5.74, 6) is -6.56. The standard InChI is InChI=1S/C44H30N4O12/c1-21-22(2)36(50)45(35(21)49)19-47-39(53)31-15-9-27(17-33(31)41(47)55)43(57)59-29-11-5-25(6-12-29)26-7-13-30(14-8-26)60-44(58)28-10-16-32-34(18-28)42(56)48(40(32)54)20-46-37(51)23(3)24(4)38(46)52/h5-18H,19-20H2,1-4H3. The Hall–Kier alpha value is -8.14. The first kappa shape index (κ1) is 38.7. The van der Waals surface area contributed by atoms with Crippen molar-refractivity contribution in [3.05, 3.63) is 141 Å². The maximum absolute atomic E-state index is 13.2. The van der Waals surface area contributed by atoms with Crippen LogP contribution in [0.4, 0.5) is 0 Å². The first-order chi connectivity index (χ1) is 28.5. The molecule has 0 fully saturated rings. The number of benzene rings is 4. The number of imide groups is 4. The first-order valence-corrected chi connectivity index (χ1v) is 18.3. The van der Waals surface area contributed by atoms with Crippen LogP contribution in [0.2, 0.25) is 0 Å². The van der Waals surface area contributed by atoms with Crippen molar-refractivity contribution in [2.45, 2.75) is 27.7 Å². The monoisotopic (exact) mass is 806 g/mol. The van der Waals surface area contributed by atoms with E-state index in [1.54, 1.807) is 48.5 Å². The number of fused-ring (bicyclic) bond motifs is 2. The second-order valence-corrected chi connectivity index (χ2v) is 14.3. The molecule has 0 unspecified atom stereocenters. The second kappa shape index (κ2) is 14.4. The van der Waals surface area contributed by atoms with E-state index in [-0.39, 0.29) is 67.2 Å². The van der Waals surface area contributed by atoms with Crippen LogP contribution in [0.15, 0.2) is 107 Å². The van der Waals surface area contributed by atoms with Gasteiger partial charge in [-0.15, -0.1) is 0 Å². The Balaban J connectivity index is 0.875. The average Bonchev–Trinajstić information content (AvgIpc) is 3.78. The third-order valence-corrected chi connectivity index (χ3v) is 10.8. The molecule has 4 heterocycles. The van der Waals surface area contributed by atoms with Gasteiger partial charge in [-0.05, 0) is 99.5 Å². The predicted octanol–water partition coefficient (Wildman–Crippen LogP) is 4.31. The molecule has 0 saturated heterocycles. The summed E-state index contributed by atoms with van der Waals surface area (Å²) in [7, 11) is 0. The molecule has 4 aromatic carbocycles. The van der Waals surface area contributed by atoms with E-state index >= 15 is 0 Å². The van der Waals surface area contributed by atoms with E-state index in [4.69, 9.17) is 9.47 Å². The van der Waals surface area contributed by atoms with Crippen LogP contribution in [-0.4, -0.2) is 92.1 Å². The van der Waals surface area contributed by atoms with Crippen molar-refractivity contribution in [3.63, 3.8) is 0 Å². The zero-order chi connectivity index (χ0) is 42.9. The third kappa shape index (κ3) is 6.26. The van der Waals surface area contributed by atoms with Gasteiger partial charge >= 0.3 is 11.9 Å². The lowest BCUT2D eigenvalue weighted by atomic mass is 10.0. The number of nitrogens with zero attached hydrogens (tertiary/aromatic N) is 4. The van der Waals surface area contributed by atoms with Crippen molar-refractivity contribution < 1.29 is 57.4 Å². The normalized spacial score (nSPS) is 16.3. The Bertz CT molecular complexity index is 2560. The second-order valence-electron chi connectivity index (χ2n) is 14.3. The zero-order valence-electron chi connectivity index (χ0n) is 32.2. The van der Waals surface area contributed by atoms with Gasteiger partial charge in [-0.2, -0.15) is 0 Å². The smallest absolute Gasteiger partial charge is 0.343 e. The van der Waals surface area contributed by atoms with E-state index in [1.807, 2.05) is 0 Å². The van der Waals surface area contributed by atoms with Gasteiger partial charge in [0.15, 0.2) is 0 Å². The highest BCUT2D eigenvalue weighted by atomic mass is 16.5. The molecule has 0 N–H and O–H groups in total. The summed E-state index contributed by atoms with van der Waals surface area (Å²) in [6, 6.07) is 20.7. The molecule has 4 aliphatic heterocycles. The van der Waals surface area contributed by atoms with Crippen LogP contribution in [-0.2, 0) is 19.2 Å². The topological polar surface area (TPSA) is 202 Å². The predicted molar refractivity (Wildman–Crippen MR) is 206 cm³/mol. The third-order valence-electron chi connectivity index (χ3n) is 10.8. The van der Waals surface area contributed by atoms with Crippen molar-refractivity contribution in [1.29, 1.82) is 0 Å². The van der Waals surface area contributed by atoms with Gasteiger partial charge in [0, 0.05) is 22.3 Å². The van der Waals surface area contributed by atoms with E-state index in [9.17, 15) is 47.9 Å². The van der Waals surface area contributed by atoms with E-state index in [1.165, 1.54) is 64.1 Å². The van der Waals surface area contributed by atoms with Gasteiger partial charge < -0.3 is 9.47 Å². The largest absolute Gasteiger partial charge is 0.423 e. The Morgan fingerprint density at radius 3 is 0.983 bits per heavy atom. The van der Waals surface area contributed by atoms with Crippen LogP contribution < -0.4 is 9.47 Å². The summed E-state index contributed by atoms with van der Waals surface area (Å²) < 4.78 is 11.0. The quantitative estimate of drug-likeness (QED) is 0.132. The van der Waals surface area contributed by atoms with Crippen LogP contribution in [0, 0.1) is 0 Å². The molecule has 0 aliphatic carbocycles. The molecule has 0 atom stereocenters. The molecule has 60 heavy (non-hydrogen) atoms. The van der Waals surface area contributed by atoms with E-state index < -0.39 is 72.5 Å². The lowest BCUT2D eigenvalue weighted by Gasteiger charge is -2.21. The Labute approximate surface area is 339 Å². The maximum Gasteiger partial charge on any atom is 0.343 e. The number of rotatable bonds is 9. The molecule has 0 bridgehead atoms. The Kier molecular flexibility index (Phi) is 9.26. The molecule has 298 valence electrons. The first-order valence-electron chi connectivity index (χ1n) is 18.3. The lowest BCUT2D eigenvalue weighted by Crippen LogP contribution is -2.44. The van der Waals surface area contributed by atoms with Gasteiger partial charge in [-0.3, -0.25) is 58.0 Å². The average molecular weight is 807 g/mol. The lowest BCUT2D eigenvalue weighted by molar-refractivity contribution is -0.140. The molecule has 8 rings (SSSR count). The number of hydrogen-bond donors (Lipinski definition) is 0. The molecule has 0 aromatic heterocycles. The van der Waals surface area contributed by atoms with Gasteiger partial charge in [-0.1, -0.05) is 24.3 Å². The molecule has 0 saturated carbocycles. The Morgan fingerprint density at radius 2 is 0.667 bits per heavy atom. The minimum absolute atomic E-state index is 0.00890. The van der Waals surface area contributed by atoms with E-state index in [2.05, 4.69) is 0 Å². The fourth-order valence-electron chi connectivity index (χ4n) is 7.03. The SMILES string of the molecule is CC1=C(C)C(=O)N(CN2C(=O)c3ccc(C(=O)Oc4ccc(-c5ccc(OC(=O)c6ccc7c(c6)C(=O)N(CN6C(=O)C(C)=C(C)C6=O)C7=O)cc5)cc4)cc3C2=O)C1=O. The minimum atomic E-state index is -0.801. The highest BCUT2D eigenvalue weighted by molar-refractivity contribution is 6.25. The number of esters is 2. The molecule has 4 aliphatic rings. The van der Waals surface area contributed by atoms with Crippen LogP contribution in [0.25, 0.3) is 11.1 Å².